The van der Waals surface area contributed by atoms with Crippen LogP contribution >= 0.6 is 0 Å². The van der Waals surface area contributed by atoms with E-state index in [1.54, 1.807) is 0 Å². The molecule has 0 saturated heterocycles. The van der Waals surface area contributed by atoms with Gasteiger partial charge in [0.05, 0.1) is 11.5 Å². The number of Topliss-reactive ketones (excluding diaryl/α,β-unsaturated/α-hetero) is 1. The van der Waals surface area contributed by atoms with Crippen molar-refractivity contribution in [3.63, 3.8) is 0 Å². The van der Waals surface area contributed by atoms with E-state index in [4.69, 9.17) is 4.74 Å². The number of ketones is 1. The fraction of sp³-hybridized carbons (Fsp3) is 0.333. The number of hydrogen-bond donors (Lipinski definition) is 3. The van der Waals surface area contributed by atoms with E-state index in [2.05, 4.69) is 10.2 Å². The number of benzene rings is 1. The van der Waals surface area contributed by atoms with Crippen molar-refractivity contribution in [1.82, 2.24) is 10.2 Å². The van der Waals surface area contributed by atoms with Gasteiger partial charge in [-0.1, -0.05) is 0 Å². The number of aromatic amines is 1. The first kappa shape index (κ1) is 17.8. The van der Waals surface area contributed by atoms with Crippen molar-refractivity contribution in [1.29, 1.82) is 0 Å². The number of aromatic nitrogens is 2. The lowest BCUT2D eigenvalue weighted by molar-refractivity contribution is -0.141. The molecule has 2 rings (SSSR count). The van der Waals surface area contributed by atoms with Crippen molar-refractivity contribution < 1.29 is 32.9 Å². The molecule has 2 aromatic rings. The van der Waals surface area contributed by atoms with Gasteiger partial charge in [0.1, 0.15) is 11.5 Å². The van der Waals surface area contributed by atoms with Crippen LogP contribution in [0, 0.1) is 0 Å². The highest BCUT2D eigenvalue weighted by Gasteiger charge is 2.35. The lowest BCUT2D eigenvalue weighted by Gasteiger charge is -2.15. The van der Waals surface area contributed by atoms with Crippen LogP contribution in [0.3, 0.4) is 0 Å². The quantitative estimate of drug-likeness (QED) is 0.701. The molecular formula is C15H15F3N2O4. The number of nitrogens with zero attached hydrogens (tertiary/aromatic N) is 1. The Hall–Kier alpha value is -2.55. The van der Waals surface area contributed by atoms with Crippen molar-refractivity contribution in [3.05, 3.63) is 41.2 Å². The lowest BCUT2D eigenvalue weighted by atomic mass is 9.91. The first-order chi connectivity index (χ1) is 11.2. The summed E-state index contributed by atoms with van der Waals surface area (Å²) in [5, 5.41) is 24.5. The summed E-state index contributed by atoms with van der Waals surface area (Å²) >= 11 is 0. The third kappa shape index (κ3) is 3.85. The SMILES string of the molecule is COCCC(C(=O)c1ccc(O)cc1O)c1cc(C(F)(F)F)n[nH]1. The fourth-order valence-corrected chi connectivity index (χ4v) is 2.24. The number of H-pyrrole nitrogens is 1. The number of carbonyl (C=O) groups excluding carboxylic acids is 1. The molecule has 0 bridgehead atoms. The zero-order valence-corrected chi connectivity index (χ0v) is 12.6. The van der Waals surface area contributed by atoms with E-state index in [1.807, 2.05) is 0 Å². The second kappa shape index (κ2) is 6.91. The van der Waals surface area contributed by atoms with E-state index in [0.717, 1.165) is 12.1 Å². The van der Waals surface area contributed by atoms with Crippen molar-refractivity contribution in [2.24, 2.45) is 0 Å². The number of alkyl halides is 3. The topological polar surface area (TPSA) is 95.4 Å². The minimum Gasteiger partial charge on any atom is -0.508 e. The summed E-state index contributed by atoms with van der Waals surface area (Å²) < 4.78 is 43.0. The molecule has 0 radical (unpaired) electrons. The monoisotopic (exact) mass is 344 g/mol. The predicted molar refractivity (Wildman–Crippen MR) is 76.9 cm³/mol. The Morgan fingerprint density at radius 1 is 1.33 bits per heavy atom. The first-order valence-corrected chi connectivity index (χ1v) is 6.91. The van der Waals surface area contributed by atoms with Gasteiger partial charge in [-0.3, -0.25) is 9.89 Å². The van der Waals surface area contributed by atoms with E-state index in [1.165, 1.54) is 19.2 Å². The molecule has 0 aliphatic carbocycles. The molecule has 1 atom stereocenters. The van der Waals surface area contributed by atoms with Crippen LogP contribution < -0.4 is 0 Å². The third-order valence-corrected chi connectivity index (χ3v) is 3.44. The highest BCUT2D eigenvalue weighted by atomic mass is 19.4. The Bertz CT molecular complexity index is 728. The van der Waals surface area contributed by atoms with E-state index in [9.17, 15) is 28.2 Å². The van der Waals surface area contributed by atoms with E-state index >= 15 is 0 Å². The maximum Gasteiger partial charge on any atom is 0.435 e. The summed E-state index contributed by atoms with van der Waals surface area (Å²) in [5.74, 6) is -2.32. The minimum absolute atomic E-state index is 0.0307. The summed E-state index contributed by atoms with van der Waals surface area (Å²) in [6.45, 7) is 0.121. The Morgan fingerprint density at radius 2 is 2.04 bits per heavy atom. The van der Waals surface area contributed by atoms with Gasteiger partial charge in [-0.2, -0.15) is 18.3 Å². The Morgan fingerprint density at radius 3 is 2.58 bits per heavy atom. The Labute approximate surface area is 134 Å². The van der Waals surface area contributed by atoms with Gasteiger partial charge in [0, 0.05) is 25.5 Å². The molecule has 1 aromatic heterocycles. The zero-order chi connectivity index (χ0) is 17.9. The van der Waals surface area contributed by atoms with Gasteiger partial charge in [0.2, 0.25) is 0 Å². The van der Waals surface area contributed by atoms with Gasteiger partial charge in [-0.25, -0.2) is 0 Å². The molecule has 0 aliphatic rings. The van der Waals surface area contributed by atoms with Gasteiger partial charge in [0.15, 0.2) is 11.5 Å². The Balaban J connectivity index is 2.37. The summed E-state index contributed by atoms with van der Waals surface area (Å²) in [6, 6.07) is 4.15. The molecule has 6 nitrogen and oxygen atoms in total. The van der Waals surface area contributed by atoms with Crippen LogP contribution in [0.1, 0.15) is 34.1 Å². The molecular weight excluding hydrogens is 329 g/mol. The highest BCUT2D eigenvalue weighted by Crippen LogP contribution is 2.33. The maximum atomic E-state index is 12.7. The summed E-state index contributed by atoms with van der Waals surface area (Å²) in [4.78, 5) is 12.6. The molecule has 0 amide bonds. The number of nitrogens with one attached hydrogen (secondary N) is 1. The fourth-order valence-electron chi connectivity index (χ4n) is 2.24. The summed E-state index contributed by atoms with van der Waals surface area (Å²) in [6.07, 6.45) is -4.54. The van der Waals surface area contributed by atoms with Crippen LogP contribution in [-0.2, 0) is 10.9 Å². The average Bonchev–Trinajstić information content (AvgIpc) is 2.97. The molecule has 1 unspecified atom stereocenters. The van der Waals surface area contributed by atoms with Crippen LogP contribution in [0.4, 0.5) is 13.2 Å². The number of ether oxygens (including phenoxy) is 1. The lowest BCUT2D eigenvalue weighted by Crippen LogP contribution is -2.16. The maximum absolute atomic E-state index is 12.7. The second-order valence-corrected chi connectivity index (χ2v) is 5.11. The van der Waals surface area contributed by atoms with E-state index in [0.29, 0.717) is 0 Å². The van der Waals surface area contributed by atoms with Crippen molar-refractivity contribution in [2.75, 3.05) is 13.7 Å². The number of phenolic OH excluding ortho intramolecular Hbond substituents is 2. The zero-order valence-electron chi connectivity index (χ0n) is 12.6. The van der Waals surface area contributed by atoms with Crippen LogP contribution in [0.5, 0.6) is 11.5 Å². The van der Waals surface area contributed by atoms with Gasteiger partial charge >= 0.3 is 6.18 Å². The molecule has 9 heteroatoms. The number of halogens is 3. The summed E-state index contributed by atoms with van der Waals surface area (Å²) in [7, 11) is 1.40. The van der Waals surface area contributed by atoms with Gasteiger partial charge in [-0.05, 0) is 24.6 Å². The van der Waals surface area contributed by atoms with Crippen LogP contribution in [-0.4, -0.2) is 39.9 Å². The van der Waals surface area contributed by atoms with Gasteiger partial charge < -0.3 is 14.9 Å². The van der Waals surface area contributed by atoms with Crippen molar-refractivity contribution in [2.45, 2.75) is 18.5 Å². The predicted octanol–water partition coefficient (Wildman–Crippen LogP) is 2.84. The average molecular weight is 344 g/mol. The molecule has 1 heterocycles. The first-order valence-electron chi connectivity index (χ1n) is 6.91. The normalized spacial score (nSPS) is 13.0. The van der Waals surface area contributed by atoms with Gasteiger partial charge in [0.25, 0.3) is 0 Å². The van der Waals surface area contributed by atoms with E-state index < -0.39 is 29.3 Å². The molecule has 0 fully saturated rings. The minimum atomic E-state index is -4.63. The number of methoxy groups -OCH3 is 1. The number of carbonyl (C=O) groups is 1. The number of phenols is 2. The smallest absolute Gasteiger partial charge is 0.435 e. The summed E-state index contributed by atoms with van der Waals surface area (Å²) in [5.41, 5.74) is -1.28. The molecule has 130 valence electrons. The van der Waals surface area contributed by atoms with Gasteiger partial charge in [-0.15, -0.1) is 0 Å². The standard InChI is InChI=1S/C15H15F3N2O4/c1-24-5-4-9(11-7-13(20-19-11)15(16,17)18)14(23)10-3-2-8(21)6-12(10)22/h2-3,6-7,9,21-22H,4-5H2,1H3,(H,19,20). The van der Waals surface area contributed by atoms with Crippen molar-refractivity contribution >= 4 is 5.78 Å². The molecule has 24 heavy (non-hydrogen) atoms. The number of hydrogen-bond acceptors (Lipinski definition) is 5. The van der Waals surface area contributed by atoms with Crippen LogP contribution in [0.25, 0.3) is 0 Å². The third-order valence-electron chi connectivity index (χ3n) is 3.44. The number of rotatable bonds is 6. The molecule has 0 aliphatic heterocycles. The Kier molecular flexibility index (Phi) is 5.13. The highest BCUT2D eigenvalue weighted by molar-refractivity contribution is 6.03. The van der Waals surface area contributed by atoms with E-state index in [-0.39, 0.29) is 30.0 Å². The van der Waals surface area contributed by atoms with Crippen molar-refractivity contribution in [3.8, 4) is 11.5 Å². The van der Waals surface area contributed by atoms with Crippen LogP contribution in [0.2, 0.25) is 0 Å². The van der Waals surface area contributed by atoms with Crippen LogP contribution in [0.15, 0.2) is 24.3 Å². The largest absolute Gasteiger partial charge is 0.508 e. The molecule has 3 N–H and O–H groups in total. The number of aromatic hydroxyl groups is 2. The molecule has 0 saturated carbocycles. The molecule has 1 aromatic carbocycles. The molecule has 0 spiro atoms. The second-order valence-electron chi connectivity index (χ2n) is 5.11.